The first kappa shape index (κ1) is 12.0. The molecule has 2 heterocycles. The molecule has 0 N–H and O–H groups in total. The van der Waals surface area contributed by atoms with Gasteiger partial charge in [-0.15, -0.1) is 0 Å². The van der Waals surface area contributed by atoms with Gasteiger partial charge < -0.3 is 9.77 Å². The molecule has 0 amide bonds. The number of hydrogen-bond donors (Lipinski definition) is 0. The molecular formula is C18H14N2O. The van der Waals surface area contributed by atoms with Crippen LogP contribution in [0.1, 0.15) is 0 Å². The van der Waals surface area contributed by atoms with Crippen molar-refractivity contribution in [1.29, 1.82) is 0 Å². The molecule has 0 bridgehead atoms. The molecule has 102 valence electrons. The van der Waals surface area contributed by atoms with Gasteiger partial charge in [0, 0.05) is 41.2 Å². The quantitative estimate of drug-likeness (QED) is 0.385. The fraction of sp³-hybridized carbons (Fsp3) is 0.0556. The molecule has 0 atom stereocenters. The zero-order valence-electron chi connectivity index (χ0n) is 11.7. The molecule has 0 fully saturated rings. The lowest BCUT2D eigenvalue weighted by molar-refractivity contribution is -0.576. The standard InChI is InChI=1S/C18H14N2O/c1-19-12-16(14-8-2-3-10-17(14)19)15-9-4-6-13-7-5-11-20(21)18(13)15/h2-12H,1H3. The predicted octanol–water partition coefficient (Wildman–Crippen LogP) is 3.63. The van der Waals surface area contributed by atoms with E-state index < -0.39 is 0 Å². The second-order valence-corrected chi connectivity index (χ2v) is 5.25. The van der Waals surface area contributed by atoms with Crippen LogP contribution in [-0.2, 0) is 7.05 Å². The van der Waals surface area contributed by atoms with Crippen molar-refractivity contribution in [2.75, 3.05) is 0 Å². The first-order valence-corrected chi connectivity index (χ1v) is 6.91. The molecular weight excluding hydrogens is 260 g/mol. The number of aromatic nitrogens is 2. The Kier molecular flexibility index (Phi) is 2.48. The summed E-state index contributed by atoms with van der Waals surface area (Å²) < 4.78 is 3.05. The molecule has 0 saturated carbocycles. The maximum absolute atomic E-state index is 12.2. The topological polar surface area (TPSA) is 31.9 Å². The molecule has 3 heteroatoms. The van der Waals surface area contributed by atoms with Crippen LogP contribution >= 0.6 is 0 Å². The van der Waals surface area contributed by atoms with E-state index in [1.807, 2.05) is 43.4 Å². The minimum absolute atomic E-state index is 0.719. The summed E-state index contributed by atoms with van der Waals surface area (Å²) in [6.45, 7) is 0. The summed E-state index contributed by atoms with van der Waals surface area (Å²) in [5.74, 6) is 0. The Morgan fingerprint density at radius 1 is 0.905 bits per heavy atom. The molecule has 2 aromatic carbocycles. The Labute approximate surface area is 122 Å². The van der Waals surface area contributed by atoms with Crippen LogP contribution in [0.4, 0.5) is 0 Å². The largest absolute Gasteiger partial charge is 0.618 e. The molecule has 3 nitrogen and oxygen atoms in total. The van der Waals surface area contributed by atoms with E-state index in [2.05, 4.69) is 22.9 Å². The Hall–Kier alpha value is -2.81. The SMILES string of the molecule is Cn1cc(-c2cccc3ccc[n+]([O-])c23)c2ccccc21. The van der Waals surface area contributed by atoms with E-state index in [-0.39, 0.29) is 0 Å². The number of benzene rings is 2. The number of fused-ring (bicyclic) bond motifs is 2. The highest BCUT2D eigenvalue weighted by Crippen LogP contribution is 2.33. The third-order valence-corrected chi connectivity index (χ3v) is 3.97. The lowest BCUT2D eigenvalue weighted by atomic mass is 10.0. The predicted molar refractivity (Wildman–Crippen MR) is 84.8 cm³/mol. The van der Waals surface area contributed by atoms with Crippen molar-refractivity contribution in [1.82, 2.24) is 4.57 Å². The van der Waals surface area contributed by atoms with Gasteiger partial charge in [-0.3, -0.25) is 0 Å². The van der Waals surface area contributed by atoms with Crippen molar-refractivity contribution in [2.24, 2.45) is 7.05 Å². The lowest BCUT2D eigenvalue weighted by Crippen LogP contribution is -2.26. The van der Waals surface area contributed by atoms with E-state index in [4.69, 9.17) is 0 Å². The summed E-state index contributed by atoms with van der Waals surface area (Å²) >= 11 is 0. The van der Waals surface area contributed by atoms with Gasteiger partial charge in [-0.2, -0.15) is 4.73 Å². The summed E-state index contributed by atoms with van der Waals surface area (Å²) in [7, 11) is 2.03. The van der Waals surface area contributed by atoms with E-state index in [0.717, 1.165) is 37.7 Å². The first-order chi connectivity index (χ1) is 10.3. The van der Waals surface area contributed by atoms with Gasteiger partial charge in [0.1, 0.15) is 0 Å². The molecule has 2 aromatic heterocycles. The van der Waals surface area contributed by atoms with Crippen molar-refractivity contribution in [3.63, 3.8) is 0 Å². The average Bonchev–Trinajstić information content (AvgIpc) is 2.85. The molecule has 4 aromatic rings. The molecule has 0 radical (unpaired) electrons. The zero-order chi connectivity index (χ0) is 14.4. The summed E-state index contributed by atoms with van der Waals surface area (Å²) in [4.78, 5) is 0. The highest BCUT2D eigenvalue weighted by Gasteiger charge is 2.15. The molecule has 0 aliphatic heterocycles. The van der Waals surface area contributed by atoms with E-state index in [9.17, 15) is 5.21 Å². The van der Waals surface area contributed by atoms with Crippen molar-refractivity contribution in [2.45, 2.75) is 0 Å². The van der Waals surface area contributed by atoms with Crippen molar-refractivity contribution >= 4 is 21.8 Å². The lowest BCUT2D eigenvalue weighted by Gasteiger charge is -2.06. The highest BCUT2D eigenvalue weighted by atomic mass is 16.5. The number of pyridine rings is 1. The maximum Gasteiger partial charge on any atom is 0.231 e. The highest BCUT2D eigenvalue weighted by molar-refractivity contribution is 6.02. The van der Waals surface area contributed by atoms with Gasteiger partial charge in [-0.1, -0.05) is 24.3 Å². The molecule has 0 spiro atoms. The van der Waals surface area contributed by atoms with Gasteiger partial charge in [-0.25, -0.2) is 0 Å². The Balaban J connectivity index is 2.15. The van der Waals surface area contributed by atoms with Crippen molar-refractivity contribution in [3.8, 4) is 11.1 Å². The molecule has 0 aliphatic carbocycles. The van der Waals surface area contributed by atoms with Gasteiger partial charge in [0.15, 0.2) is 6.20 Å². The van der Waals surface area contributed by atoms with Crippen LogP contribution in [0.15, 0.2) is 67.0 Å². The molecule has 0 unspecified atom stereocenters. The van der Waals surface area contributed by atoms with E-state index in [1.54, 1.807) is 12.3 Å². The van der Waals surface area contributed by atoms with Crippen LogP contribution < -0.4 is 4.73 Å². The minimum atomic E-state index is 0.719. The third-order valence-electron chi connectivity index (χ3n) is 3.97. The Morgan fingerprint density at radius 2 is 1.71 bits per heavy atom. The number of aryl methyl sites for hydroxylation is 1. The van der Waals surface area contributed by atoms with E-state index in [1.165, 1.54) is 0 Å². The molecule has 0 aliphatic rings. The maximum atomic E-state index is 12.2. The Bertz CT molecular complexity index is 964. The Morgan fingerprint density at radius 3 is 2.62 bits per heavy atom. The molecule has 21 heavy (non-hydrogen) atoms. The van der Waals surface area contributed by atoms with Gasteiger partial charge in [0.25, 0.3) is 0 Å². The van der Waals surface area contributed by atoms with E-state index in [0.29, 0.717) is 0 Å². The van der Waals surface area contributed by atoms with Gasteiger partial charge in [0.2, 0.25) is 5.52 Å². The number of nitrogens with zero attached hydrogens (tertiary/aromatic N) is 2. The first-order valence-electron chi connectivity index (χ1n) is 6.91. The third kappa shape index (κ3) is 1.71. The summed E-state index contributed by atoms with van der Waals surface area (Å²) in [6, 6.07) is 18.0. The second-order valence-electron chi connectivity index (χ2n) is 5.25. The van der Waals surface area contributed by atoms with Crippen LogP contribution in [0.5, 0.6) is 0 Å². The summed E-state index contributed by atoms with van der Waals surface area (Å²) in [6.07, 6.45) is 3.64. The average molecular weight is 274 g/mol. The molecule has 4 rings (SSSR count). The minimum Gasteiger partial charge on any atom is -0.618 e. The van der Waals surface area contributed by atoms with Crippen LogP contribution in [0.2, 0.25) is 0 Å². The van der Waals surface area contributed by atoms with Crippen LogP contribution in [0.25, 0.3) is 32.9 Å². The van der Waals surface area contributed by atoms with E-state index >= 15 is 0 Å². The second kappa shape index (κ2) is 4.35. The van der Waals surface area contributed by atoms with Gasteiger partial charge >= 0.3 is 0 Å². The zero-order valence-corrected chi connectivity index (χ0v) is 11.7. The fourth-order valence-corrected chi connectivity index (χ4v) is 3.01. The van der Waals surface area contributed by atoms with Gasteiger partial charge in [-0.05, 0) is 24.3 Å². The smallest absolute Gasteiger partial charge is 0.231 e. The number of hydrogen-bond acceptors (Lipinski definition) is 1. The molecule has 0 saturated heterocycles. The van der Waals surface area contributed by atoms with Crippen LogP contribution in [0.3, 0.4) is 0 Å². The summed E-state index contributed by atoms with van der Waals surface area (Å²) in [5, 5.41) is 14.3. The van der Waals surface area contributed by atoms with Crippen LogP contribution in [-0.4, -0.2) is 4.57 Å². The monoisotopic (exact) mass is 274 g/mol. The van der Waals surface area contributed by atoms with Crippen molar-refractivity contribution in [3.05, 3.63) is 72.2 Å². The normalized spacial score (nSPS) is 11.3. The van der Waals surface area contributed by atoms with Gasteiger partial charge in [0.05, 0.1) is 5.56 Å². The van der Waals surface area contributed by atoms with Crippen LogP contribution in [0, 0.1) is 5.21 Å². The fourth-order valence-electron chi connectivity index (χ4n) is 3.01. The number of rotatable bonds is 1. The number of para-hydroxylation sites is 2. The van der Waals surface area contributed by atoms with Crippen molar-refractivity contribution < 1.29 is 4.73 Å². The summed E-state index contributed by atoms with van der Waals surface area (Å²) in [5.41, 5.74) is 3.95.